The topological polar surface area (TPSA) is 98.6 Å². The van der Waals surface area contributed by atoms with E-state index in [2.05, 4.69) is 43.6 Å². The fourth-order valence-corrected chi connectivity index (χ4v) is 4.74. The van der Waals surface area contributed by atoms with Crippen LogP contribution in [0.15, 0.2) is 71.7 Å². The summed E-state index contributed by atoms with van der Waals surface area (Å²) in [5, 5.41) is 4.45. The number of aryl methyl sites for hydroxylation is 1. The van der Waals surface area contributed by atoms with Gasteiger partial charge in [-0.05, 0) is 42.1 Å². The smallest absolute Gasteiger partial charge is 0.356 e. The number of nitrogens with one attached hydrogen (secondary N) is 1. The van der Waals surface area contributed by atoms with Crippen LogP contribution < -0.4 is 25.8 Å². The van der Waals surface area contributed by atoms with Gasteiger partial charge in [-0.3, -0.25) is 4.79 Å². The Labute approximate surface area is 222 Å². The molecule has 2 atom stereocenters. The second-order valence-corrected chi connectivity index (χ2v) is 9.71. The number of anilines is 2. The highest BCUT2D eigenvalue weighted by atomic mass is 31.0. The normalized spacial score (nSPS) is 14.1. The average molecular weight is 530 g/mol. The number of fused-ring (bicyclic) bond motifs is 1. The molecule has 1 aliphatic rings. The number of hydrogen-bond donors (Lipinski definition) is 1. The zero-order valence-electron chi connectivity index (χ0n) is 21.3. The van der Waals surface area contributed by atoms with E-state index >= 15 is 0 Å². The van der Waals surface area contributed by atoms with Crippen LogP contribution >= 0.6 is 9.24 Å². The summed E-state index contributed by atoms with van der Waals surface area (Å²) in [5.41, 5.74) is 4.49. The lowest BCUT2D eigenvalue weighted by molar-refractivity contribution is 0.0594. The summed E-state index contributed by atoms with van der Waals surface area (Å²) in [5.74, 6) is 0.622. The number of nitrogens with zero attached hydrogens (tertiary/aromatic N) is 4. The molecule has 3 aromatic heterocycles. The van der Waals surface area contributed by atoms with E-state index in [0.717, 1.165) is 16.6 Å². The van der Waals surface area contributed by atoms with E-state index in [1.54, 1.807) is 35.0 Å². The van der Waals surface area contributed by atoms with Gasteiger partial charge in [-0.2, -0.15) is 0 Å². The van der Waals surface area contributed by atoms with Crippen molar-refractivity contribution in [3.8, 4) is 17.1 Å². The van der Waals surface area contributed by atoms with Gasteiger partial charge in [-0.25, -0.2) is 14.8 Å². The SMILES string of the molecule is COC(=O)c1ccc2c(n1)N(C)C(Cn1ccc(-c3cccc(OCc4ccc(C)cc4P)n3)cc1=O)N2. The Morgan fingerprint density at radius 1 is 1.11 bits per heavy atom. The van der Waals surface area contributed by atoms with Crippen molar-refractivity contribution in [3.63, 3.8) is 0 Å². The number of pyridine rings is 3. The number of methoxy groups -OCH3 is 1. The molecule has 4 aromatic rings. The van der Waals surface area contributed by atoms with Crippen LogP contribution in [-0.4, -0.2) is 40.8 Å². The first-order chi connectivity index (χ1) is 18.3. The van der Waals surface area contributed by atoms with Gasteiger partial charge in [-0.15, -0.1) is 9.24 Å². The molecular weight excluding hydrogens is 501 g/mol. The van der Waals surface area contributed by atoms with Crippen molar-refractivity contribution in [2.75, 3.05) is 24.4 Å². The van der Waals surface area contributed by atoms with Crippen molar-refractivity contribution >= 4 is 32.0 Å². The Hall–Kier alpha value is -4.23. The third-order valence-corrected chi connectivity index (χ3v) is 6.99. The molecule has 0 bridgehead atoms. The van der Waals surface area contributed by atoms with Crippen molar-refractivity contribution in [1.82, 2.24) is 14.5 Å². The number of rotatable bonds is 7. The molecule has 0 spiro atoms. The number of hydrogen-bond acceptors (Lipinski definition) is 8. The largest absolute Gasteiger partial charge is 0.473 e. The maximum Gasteiger partial charge on any atom is 0.356 e. The third-order valence-electron chi connectivity index (χ3n) is 6.46. The van der Waals surface area contributed by atoms with E-state index in [9.17, 15) is 9.59 Å². The van der Waals surface area contributed by atoms with E-state index in [1.165, 1.54) is 12.7 Å². The number of esters is 1. The molecule has 4 heterocycles. The highest BCUT2D eigenvalue weighted by Crippen LogP contribution is 2.32. The van der Waals surface area contributed by atoms with Gasteiger partial charge in [0.25, 0.3) is 5.56 Å². The molecule has 0 aliphatic carbocycles. The van der Waals surface area contributed by atoms with Gasteiger partial charge in [0, 0.05) is 30.9 Å². The average Bonchev–Trinajstić information content (AvgIpc) is 3.23. The van der Waals surface area contributed by atoms with Crippen molar-refractivity contribution in [3.05, 3.63) is 94.0 Å². The highest BCUT2D eigenvalue weighted by molar-refractivity contribution is 7.27. The molecule has 38 heavy (non-hydrogen) atoms. The first-order valence-corrected chi connectivity index (χ1v) is 12.6. The van der Waals surface area contributed by atoms with Crippen LogP contribution in [0, 0.1) is 6.92 Å². The number of aromatic nitrogens is 3. The Balaban J connectivity index is 1.28. The zero-order valence-corrected chi connectivity index (χ0v) is 22.5. The number of carbonyl (C=O) groups excluding carboxylic acids is 1. The third kappa shape index (κ3) is 5.24. The number of carbonyl (C=O) groups is 1. The monoisotopic (exact) mass is 529 g/mol. The fourth-order valence-electron chi connectivity index (χ4n) is 4.30. The minimum Gasteiger partial charge on any atom is -0.473 e. The Morgan fingerprint density at radius 3 is 2.71 bits per heavy atom. The quantitative estimate of drug-likeness (QED) is 0.288. The van der Waals surface area contributed by atoms with Gasteiger partial charge in [0.15, 0.2) is 11.5 Å². The number of benzene rings is 1. The summed E-state index contributed by atoms with van der Waals surface area (Å²) in [6.45, 7) is 2.83. The summed E-state index contributed by atoms with van der Waals surface area (Å²) in [4.78, 5) is 35.8. The molecule has 0 saturated heterocycles. The summed E-state index contributed by atoms with van der Waals surface area (Å²) in [6.07, 6.45) is 1.54. The maximum absolute atomic E-state index is 13.0. The van der Waals surface area contributed by atoms with Crippen LogP contribution in [0.2, 0.25) is 0 Å². The van der Waals surface area contributed by atoms with Gasteiger partial charge in [0.2, 0.25) is 5.88 Å². The molecule has 0 fully saturated rings. The molecular formula is C28H28N5O4P. The van der Waals surface area contributed by atoms with Crippen LogP contribution in [-0.2, 0) is 17.9 Å². The van der Waals surface area contributed by atoms with Gasteiger partial charge >= 0.3 is 5.97 Å². The molecule has 2 unspecified atom stereocenters. The predicted octanol–water partition coefficient (Wildman–Crippen LogP) is 3.37. The molecule has 0 amide bonds. The van der Waals surface area contributed by atoms with Gasteiger partial charge in [0.1, 0.15) is 12.8 Å². The number of ether oxygens (including phenoxy) is 2. The van der Waals surface area contributed by atoms with E-state index in [1.807, 2.05) is 36.2 Å². The Morgan fingerprint density at radius 2 is 1.95 bits per heavy atom. The molecule has 5 rings (SSSR count). The molecule has 0 radical (unpaired) electrons. The molecule has 10 heteroatoms. The van der Waals surface area contributed by atoms with Crippen LogP contribution in [0.1, 0.15) is 21.6 Å². The lowest BCUT2D eigenvalue weighted by atomic mass is 10.1. The standard InChI is InChI=1S/C28H28N5O4P/c1-17-7-8-19(23(38)13-17)16-37-25-6-4-5-20(30-25)18-11-12-33(26(34)14-18)15-24-29-21-9-10-22(28(35)36-3)31-27(21)32(24)2/h4-14,24,29H,15-16,38H2,1-3H3. The summed E-state index contributed by atoms with van der Waals surface area (Å²) >= 11 is 0. The molecule has 194 valence electrons. The van der Waals surface area contributed by atoms with E-state index in [4.69, 9.17) is 9.47 Å². The van der Waals surface area contributed by atoms with Crippen molar-refractivity contribution in [2.45, 2.75) is 26.2 Å². The van der Waals surface area contributed by atoms with Crippen LogP contribution in [0.4, 0.5) is 11.5 Å². The highest BCUT2D eigenvalue weighted by Gasteiger charge is 2.28. The maximum atomic E-state index is 13.0. The summed E-state index contributed by atoms with van der Waals surface area (Å²) < 4.78 is 12.3. The summed E-state index contributed by atoms with van der Waals surface area (Å²) in [7, 11) is 5.92. The van der Waals surface area contributed by atoms with Crippen molar-refractivity contribution < 1.29 is 14.3 Å². The molecule has 9 nitrogen and oxygen atoms in total. The van der Waals surface area contributed by atoms with Gasteiger partial charge in [-0.1, -0.05) is 29.8 Å². The summed E-state index contributed by atoms with van der Waals surface area (Å²) in [6, 6.07) is 18.6. The second kappa shape index (κ2) is 10.6. The molecule has 1 N–H and O–H groups in total. The minimum atomic E-state index is -0.496. The van der Waals surface area contributed by atoms with Gasteiger partial charge < -0.3 is 24.3 Å². The first-order valence-electron chi connectivity index (χ1n) is 12.1. The van der Waals surface area contributed by atoms with Gasteiger partial charge in [0.05, 0.1) is 25.0 Å². The second-order valence-electron chi connectivity index (χ2n) is 9.09. The van der Waals surface area contributed by atoms with Crippen LogP contribution in [0.25, 0.3) is 11.3 Å². The molecule has 0 saturated carbocycles. The van der Waals surface area contributed by atoms with Crippen LogP contribution in [0.3, 0.4) is 0 Å². The molecule has 1 aliphatic heterocycles. The van der Waals surface area contributed by atoms with Crippen LogP contribution in [0.5, 0.6) is 5.88 Å². The zero-order chi connectivity index (χ0) is 26.8. The lowest BCUT2D eigenvalue weighted by Gasteiger charge is -2.22. The Kier molecular flexibility index (Phi) is 7.11. The van der Waals surface area contributed by atoms with Crippen molar-refractivity contribution in [1.29, 1.82) is 0 Å². The predicted molar refractivity (Wildman–Crippen MR) is 150 cm³/mol. The van der Waals surface area contributed by atoms with Crippen molar-refractivity contribution in [2.24, 2.45) is 0 Å². The van der Waals surface area contributed by atoms with E-state index in [-0.39, 0.29) is 17.4 Å². The Bertz CT molecular complexity index is 1570. The minimum absolute atomic E-state index is 0.155. The van der Waals surface area contributed by atoms with E-state index < -0.39 is 5.97 Å². The fraction of sp³-hybridized carbons (Fsp3) is 0.214. The first kappa shape index (κ1) is 25.4. The van der Waals surface area contributed by atoms with E-state index in [0.29, 0.717) is 36.1 Å². The molecule has 1 aromatic carbocycles. The number of likely N-dealkylation sites (N-methyl/N-ethyl adjacent to an activating group) is 1. The lowest BCUT2D eigenvalue weighted by Crippen LogP contribution is -2.39.